The zero-order valence-corrected chi connectivity index (χ0v) is 8.38. The second-order valence-corrected chi connectivity index (χ2v) is 3.58. The Balaban J connectivity index is 2.79. The Morgan fingerprint density at radius 2 is 2.14 bits per heavy atom. The number of carbonyl (C=O) groups is 1. The molecule has 2 nitrogen and oxygen atoms in total. The summed E-state index contributed by atoms with van der Waals surface area (Å²) in [6.07, 6.45) is 0.671. The second-order valence-electron chi connectivity index (χ2n) is 3.17. The summed E-state index contributed by atoms with van der Waals surface area (Å²) in [7, 11) is 0. The minimum Gasteiger partial charge on any atom is -0.296 e. The van der Waals surface area contributed by atoms with Crippen molar-refractivity contribution in [3.8, 4) is 0 Å². The fourth-order valence-corrected chi connectivity index (χ4v) is 1.55. The molecule has 0 aliphatic carbocycles. The third kappa shape index (κ3) is 1.49. The van der Waals surface area contributed by atoms with Gasteiger partial charge in [0.05, 0.1) is 10.5 Å². The molecule has 70 valence electrons. The van der Waals surface area contributed by atoms with Crippen LogP contribution < -0.4 is 0 Å². The van der Waals surface area contributed by atoms with Crippen LogP contribution in [-0.4, -0.2) is 11.3 Å². The van der Waals surface area contributed by atoms with Gasteiger partial charge >= 0.3 is 0 Å². The van der Waals surface area contributed by atoms with Gasteiger partial charge in [-0.3, -0.25) is 4.79 Å². The summed E-state index contributed by atoms with van der Waals surface area (Å²) < 4.78 is 0. The van der Waals surface area contributed by atoms with E-state index in [0.717, 1.165) is 16.5 Å². The number of benzene rings is 1. The molecule has 3 heteroatoms. The molecule has 0 atom stereocenters. The van der Waals surface area contributed by atoms with Crippen LogP contribution in [0.15, 0.2) is 24.3 Å². The molecule has 0 fully saturated rings. The van der Waals surface area contributed by atoms with Gasteiger partial charge in [-0.1, -0.05) is 23.7 Å². The van der Waals surface area contributed by atoms with Gasteiger partial charge in [0.15, 0.2) is 6.29 Å². The third-order valence-electron chi connectivity index (χ3n) is 2.07. The van der Waals surface area contributed by atoms with Gasteiger partial charge in [-0.05, 0) is 24.6 Å². The summed E-state index contributed by atoms with van der Waals surface area (Å²) in [5.74, 6) is 0. The summed E-state index contributed by atoms with van der Waals surface area (Å²) in [6.45, 7) is 1.98. The molecule has 0 bridgehead atoms. The van der Waals surface area contributed by atoms with Gasteiger partial charge in [0.25, 0.3) is 0 Å². The fraction of sp³-hybridized carbons (Fsp3) is 0.0909. The number of carbonyl (C=O) groups excluding carboxylic acids is 1. The molecule has 0 amide bonds. The van der Waals surface area contributed by atoms with Crippen molar-refractivity contribution in [1.82, 2.24) is 4.98 Å². The number of fused-ring (bicyclic) bond motifs is 1. The number of hydrogen-bond donors (Lipinski definition) is 0. The van der Waals surface area contributed by atoms with E-state index >= 15 is 0 Å². The lowest BCUT2D eigenvalue weighted by molar-refractivity contribution is 0.111. The molecule has 1 aromatic heterocycles. The highest BCUT2D eigenvalue weighted by Gasteiger charge is 2.03. The van der Waals surface area contributed by atoms with Crippen molar-refractivity contribution >= 4 is 28.8 Å². The van der Waals surface area contributed by atoms with Gasteiger partial charge in [0.1, 0.15) is 5.69 Å². The van der Waals surface area contributed by atoms with Crippen LogP contribution in [0.1, 0.15) is 16.1 Å². The van der Waals surface area contributed by atoms with Gasteiger partial charge in [0.2, 0.25) is 0 Å². The van der Waals surface area contributed by atoms with E-state index < -0.39 is 0 Å². The molecule has 0 saturated carbocycles. The van der Waals surface area contributed by atoms with E-state index in [-0.39, 0.29) is 0 Å². The Kier molecular flexibility index (Phi) is 2.22. The number of rotatable bonds is 1. The first-order chi connectivity index (χ1) is 6.70. The van der Waals surface area contributed by atoms with Crippen LogP contribution >= 0.6 is 11.6 Å². The lowest BCUT2D eigenvalue weighted by atomic mass is 10.1. The smallest absolute Gasteiger partial charge is 0.169 e. The Morgan fingerprint density at radius 1 is 1.36 bits per heavy atom. The average molecular weight is 206 g/mol. The molecule has 1 aromatic carbocycles. The van der Waals surface area contributed by atoms with Gasteiger partial charge in [0, 0.05) is 5.39 Å². The van der Waals surface area contributed by atoms with E-state index in [9.17, 15) is 4.79 Å². The minimum atomic E-state index is 0.296. The maximum absolute atomic E-state index is 10.6. The van der Waals surface area contributed by atoms with Crippen molar-refractivity contribution in [2.45, 2.75) is 6.92 Å². The number of aryl methyl sites for hydroxylation is 1. The van der Waals surface area contributed by atoms with E-state index in [1.165, 1.54) is 0 Å². The van der Waals surface area contributed by atoms with E-state index in [2.05, 4.69) is 4.98 Å². The molecule has 0 aliphatic rings. The number of pyridine rings is 1. The lowest BCUT2D eigenvalue weighted by Gasteiger charge is -2.01. The maximum Gasteiger partial charge on any atom is 0.169 e. The van der Waals surface area contributed by atoms with Crippen LogP contribution in [0.3, 0.4) is 0 Å². The summed E-state index contributed by atoms with van der Waals surface area (Å²) in [6, 6.07) is 7.62. The standard InChI is InChI=1S/C11H8ClNO/c1-7-2-3-8-5-9(12)11(6-14)13-10(8)4-7/h2-6H,1H3. The molecule has 2 rings (SSSR count). The number of hydrogen-bond acceptors (Lipinski definition) is 2. The molecular weight excluding hydrogens is 198 g/mol. The zero-order valence-electron chi connectivity index (χ0n) is 7.62. The predicted octanol–water partition coefficient (Wildman–Crippen LogP) is 3.01. The molecule has 0 aliphatic heterocycles. The number of aldehydes is 1. The zero-order chi connectivity index (χ0) is 10.1. The molecule has 0 spiro atoms. The molecule has 0 saturated heterocycles. The first-order valence-electron chi connectivity index (χ1n) is 4.23. The largest absolute Gasteiger partial charge is 0.296 e. The van der Waals surface area contributed by atoms with E-state index in [4.69, 9.17) is 11.6 Å². The molecule has 14 heavy (non-hydrogen) atoms. The van der Waals surface area contributed by atoms with Crippen molar-refractivity contribution in [2.24, 2.45) is 0 Å². The Morgan fingerprint density at radius 3 is 2.86 bits per heavy atom. The van der Waals surface area contributed by atoms with E-state index in [1.807, 2.05) is 25.1 Å². The topological polar surface area (TPSA) is 30.0 Å². The molecule has 0 N–H and O–H groups in total. The van der Waals surface area contributed by atoms with E-state index in [1.54, 1.807) is 6.07 Å². The van der Waals surface area contributed by atoms with Gasteiger partial charge in [-0.2, -0.15) is 0 Å². The molecule has 1 heterocycles. The lowest BCUT2D eigenvalue weighted by Crippen LogP contribution is -1.90. The summed E-state index contributed by atoms with van der Waals surface area (Å²) in [5.41, 5.74) is 2.21. The van der Waals surface area contributed by atoms with Crippen LogP contribution in [0.2, 0.25) is 5.02 Å². The molecule has 0 radical (unpaired) electrons. The van der Waals surface area contributed by atoms with Crippen LogP contribution in [-0.2, 0) is 0 Å². The van der Waals surface area contributed by atoms with Crippen molar-refractivity contribution in [2.75, 3.05) is 0 Å². The van der Waals surface area contributed by atoms with Crippen LogP contribution in [0, 0.1) is 6.92 Å². The predicted molar refractivity (Wildman–Crippen MR) is 56.9 cm³/mol. The SMILES string of the molecule is Cc1ccc2cc(Cl)c(C=O)nc2c1. The normalized spacial score (nSPS) is 10.4. The summed E-state index contributed by atoms with van der Waals surface area (Å²) in [4.78, 5) is 14.8. The highest BCUT2D eigenvalue weighted by molar-refractivity contribution is 6.33. The monoisotopic (exact) mass is 205 g/mol. The first-order valence-corrected chi connectivity index (χ1v) is 4.60. The minimum absolute atomic E-state index is 0.296. The van der Waals surface area contributed by atoms with Crippen LogP contribution in [0.4, 0.5) is 0 Å². The highest BCUT2D eigenvalue weighted by Crippen LogP contribution is 2.20. The summed E-state index contributed by atoms with van der Waals surface area (Å²) in [5, 5.41) is 1.35. The Bertz CT molecular complexity index is 508. The van der Waals surface area contributed by atoms with Crippen molar-refractivity contribution < 1.29 is 4.79 Å². The van der Waals surface area contributed by atoms with Gasteiger partial charge < -0.3 is 0 Å². The fourth-order valence-electron chi connectivity index (χ4n) is 1.35. The third-order valence-corrected chi connectivity index (χ3v) is 2.37. The van der Waals surface area contributed by atoms with E-state index in [0.29, 0.717) is 17.0 Å². The molecular formula is C11H8ClNO. The number of aromatic nitrogens is 1. The average Bonchev–Trinajstić information content (AvgIpc) is 2.17. The number of nitrogens with zero attached hydrogens (tertiary/aromatic N) is 1. The number of halogens is 1. The molecule has 0 unspecified atom stereocenters. The Hall–Kier alpha value is -1.41. The molecule has 2 aromatic rings. The quantitative estimate of drug-likeness (QED) is 0.670. The van der Waals surface area contributed by atoms with Crippen LogP contribution in [0.25, 0.3) is 10.9 Å². The van der Waals surface area contributed by atoms with Crippen molar-refractivity contribution in [3.63, 3.8) is 0 Å². The maximum atomic E-state index is 10.6. The highest BCUT2D eigenvalue weighted by atomic mass is 35.5. The van der Waals surface area contributed by atoms with Crippen molar-refractivity contribution in [1.29, 1.82) is 0 Å². The Labute approximate surface area is 86.5 Å². The second kappa shape index (κ2) is 3.39. The van der Waals surface area contributed by atoms with Gasteiger partial charge in [-0.15, -0.1) is 0 Å². The van der Waals surface area contributed by atoms with Gasteiger partial charge in [-0.25, -0.2) is 4.98 Å². The first kappa shape index (κ1) is 9.16. The summed E-state index contributed by atoms with van der Waals surface area (Å²) >= 11 is 5.85. The van der Waals surface area contributed by atoms with Crippen LogP contribution in [0.5, 0.6) is 0 Å². The van der Waals surface area contributed by atoms with Crippen molar-refractivity contribution in [3.05, 3.63) is 40.5 Å².